The molecule has 21 heavy (non-hydrogen) atoms. The molecule has 0 saturated heterocycles. The van der Waals surface area contributed by atoms with E-state index in [-0.39, 0.29) is 6.10 Å². The fourth-order valence-electron chi connectivity index (χ4n) is 2.07. The molecule has 2 nitrogen and oxygen atoms in total. The van der Waals surface area contributed by atoms with E-state index in [0.717, 1.165) is 23.1 Å². The molecule has 1 atom stereocenters. The summed E-state index contributed by atoms with van der Waals surface area (Å²) in [7, 11) is 0. The van der Waals surface area contributed by atoms with Gasteiger partial charge in [0.05, 0.1) is 0 Å². The lowest BCUT2D eigenvalue weighted by molar-refractivity contribution is 0.199. The number of allylic oxidation sites excluding steroid dienone is 2. The van der Waals surface area contributed by atoms with Crippen LogP contribution in [0.1, 0.15) is 58.3 Å². The number of nitrogens with zero attached hydrogens (tertiary/aromatic N) is 1. The smallest absolute Gasteiger partial charge is 0.287 e. The Bertz CT molecular complexity index is 521. The zero-order valence-electron chi connectivity index (χ0n) is 14.1. The third kappa shape index (κ3) is 5.47. The van der Waals surface area contributed by atoms with E-state index in [9.17, 15) is 0 Å². The largest absolute Gasteiger partial charge is 0.414 e. The van der Waals surface area contributed by atoms with Crippen LogP contribution in [0.15, 0.2) is 47.6 Å². The summed E-state index contributed by atoms with van der Waals surface area (Å²) in [5.74, 6) is 0. The summed E-state index contributed by atoms with van der Waals surface area (Å²) in [6, 6.07) is 8.03. The summed E-state index contributed by atoms with van der Waals surface area (Å²) in [6.45, 7) is 12.2. The summed E-state index contributed by atoms with van der Waals surface area (Å²) < 4.78 is 5.34. The van der Waals surface area contributed by atoms with E-state index in [2.05, 4.69) is 13.8 Å². The molecule has 0 aromatic heterocycles. The Morgan fingerprint density at radius 1 is 1.33 bits per heavy atom. The normalized spacial score (nSPS) is 12.8. The maximum Gasteiger partial charge on any atom is 0.287 e. The fourth-order valence-corrected chi connectivity index (χ4v) is 2.07. The van der Waals surface area contributed by atoms with Crippen LogP contribution in [0, 0.1) is 18.4 Å². The molecule has 0 amide bonds. The Morgan fingerprint density at radius 2 is 1.95 bits per heavy atom. The molecule has 1 aromatic carbocycles. The van der Waals surface area contributed by atoms with Crippen LogP contribution in [0.5, 0.6) is 0 Å². The monoisotopic (exact) mass is 285 g/mol. The third-order valence-electron chi connectivity index (χ3n) is 3.29. The van der Waals surface area contributed by atoms with Gasteiger partial charge in [-0.2, -0.15) is 5.26 Å². The molecule has 0 aliphatic heterocycles. The number of aryl methyl sites for hydroxylation is 1. The van der Waals surface area contributed by atoms with Crippen LogP contribution in [-0.4, -0.2) is 0 Å². The predicted molar refractivity (Wildman–Crippen MR) is 89.8 cm³/mol. The summed E-state index contributed by atoms with van der Waals surface area (Å²) >= 11 is 0. The Balaban J connectivity index is 0.00000191. The van der Waals surface area contributed by atoms with Crippen molar-refractivity contribution in [1.29, 1.82) is 5.26 Å². The van der Waals surface area contributed by atoms with Gasteiger partial charge >= 0.3 is 0 Å². The molecule has 1 unspecified atom stereocenters. The maximum absolute atomic E-state index is 8.94. The van der Waals surface area contributed by atoms with Crippen molar-refractivity contribution < 1.29 is 4.74 Å². The van der Waals surface area contributed by atoms with Gasteiger partial charge in [0.1, 0.15) is 0 Å². The van der Waals surface area contributed by atoms with Gasteiger partial charge in [-0.3, -0.25) is 0 Å². The van der Waals surface area contributed by atoms with Crippen molar-refractivity contribution in [2.45, 2.75) is 54.1 Å². The van der Waals surface area contributed by atoms with Gasteiger partial charge < -0.3 is 4.74 Å². The van der Waals surface area contributed by atoms with E-state index >= 15 is 0 Å². The zero-order valence-corrected chi connectivity index (χ0v) is 14.1. The van der Waals surface area contributed by atoms with E-state index in [1.807, 2.05) is 70.4 Å². The van der Waals surface area contributed by atoms with Gasteiger partial charge in [-0.25, -0.2) is 0 Å². The van der Waals surface area contributed by atoms with Crippen LogP contribution < -0.4 is 0 Å². The lowest BCUT2D eigenvalue weighted by Gasteiger charge is -2.20. The topological polar surface area (TPSA) is 33.0 Å². The van der Waals surface area contributed by atoms with E-state index in [0.29, 0.717) is 0 Å². The molecule has 0 aliphatic carbocycles. The second kappa shape index (κ2) is 10.7. The highest BCUT2D eigenvalue weighted by atomic mass is 16.5. The predicted octanol–water partition coefficient (Wildman–Crippen LogP) is 5.86. The SMILES string of the molecule is C/C=C\C(=C(\C)CC)C(OC#N)c1ccccc1C.CC. The minimum atomic E-state index is -0.317. The van der Waals surface area contributed by atoms with Gasteiger partial charge in [-0.05, 0) is 38.3 Å². The van der Waals surface area contributed by atoms with Crippen LogP contribution in [0.25, 0.3) is 0 Å². The van der Waals surface area contributed by atoms with Gasteiger partial charge in [-0.15, -0.1) is 0 Å². The quantitative estimate of drug-likeness (QED) is 0.501. The average molecular weight is 285 g/mol. The van der Waals surface area contributed by atoms with E-state index in [1.54, 1.807) is 0 Å². The van der Waals surface area contributed by atoms with Gasteiger partial charge in [-0.1, -0.05) is 62.8 Å². The van der Waals surface area contributed by atoms with Crippen molar-refractivity contribution in [2.24, 2.45) is 0 Å². The van der Waals surface area contributed by atoms with Crippen molar-refractivity contribution in [2.75, 3.05) is 0 Å². The first-order chi connectivity index (χ1) is 10.2. The standard InChI is InChI=1S/C17H21NO.C2H6/c1-5-9-15(13(3)6-2)17(19-12-18)16-11-8-7-10-14(16)4;1-2/h5,7-11,17H,6H2,1-4H3;1-2H3/b9-5-,15-13+;. The molecule has 1 aromatic rings. The summed E-state index contributed by atoms with van der Waals surface area (Å²) in [4.78, 5) is 0. The highest BCUT2D eigenvalue weighted by Gasteiger charge is 2.19. The van der Waals surface area contributed by atoms with Crippen molar-refractivity contribution in [1.82, 2.24) is 0 Å². The van der Waals surface area contributed by atoms with Gasteiger partial charge in [0.2, 0.25) is 0 Å². The first-order valence-electron chi connectivity index (χ1n) is 7.58. The number of benzene rings is 1. The summed E-state index contributed by atoms with van der Waals surface area (Å²) in [5.41, 5.74) is 4.49. The molecule has 0 bridgehead atoms. The zero-order chi connectivity index (χ0) is 16.3. The Hall–Kier alpha value is -2.01. The molecule has 1 rings (SSSR count). The average Bonchev–Trinajstić information content (AvgIpc) is 2.53. The third-order valence-corrected chi connectivity index (χ3v) is 3.29. The van der Waals surface area contributed by atoms with E-state index in [1.165, 1.54) is 5.57 Å². The van der Waals surface area contributed by atoms with Crippen LogP contribution >= 0.6 is 0 Å². The van der Waals surface area contributed by atoms with E-state index < -0.39 is 0 Å². The molecule has 0 saturated carbocycles. The van der Waals surface area contributed by atoms with Crippen molar-refractivity contribution in [3.8, 4) is 6.26 Å². The van der Waals surface area contributed by atoms with Gasteiger partial charge in [0.15, 0.2) is 6.10 Å². The van der Waals surface area contributed by atoms with Crippen LogP contribution in [0.3, 0.4) is 0 Å². The Morgan fingerprint density at radius 3 is 2.43 bits per heavy atom. The number of nitriles is 1. The van der Waals surface area contributed by atoms with Crippen LogP contribution in [-0.2, 0) is 4.74 Å². The lowest BCUT2D eigenvalue weighted by atomic mass is 9.93. The first kappa shape index (κ1) is 19.0. The molecule has 2 heteroatoms. The summed E-state index contributed by atoms with van der Waals surface area (Å²) in [6.07, 6.45) is 6.49. The number of rotatable bonds is 5. The van der Waals surface area contributed by atoms with Crippen LogP contribution in [0.4, 0.5) is 0 Å². The molecule has 0 aliphatic rings. The van der Waals surface area contributed by atoms with Gasteiger partial charge in [0, 0.05) is 5.56 Å². The maximum atomic E-state index is 8.94. The number of hydrogen-bond acceptors (Lipinski definition) is 2. The second-order valence-electron chi connectivity index (χ2n) is 4.53. The minimum absolute atomic E-state index is 0.317. The molecule has 0 radical (unpaired) electrons. The molecule has 0 spiro atoms. The fraction of sp³-hybridized carbons (Fsp3) is 0.421. The van der Waals surface area contributed by atoms with Crippen molar-refractivity contribution in [3.63, 3.8) is 0 Å². The summed E-state index contributed by atoms with van der Waals surface area (Å²) in [5, 5.41) is 8.94. The number of hydrogen-bond donors (Lipinski definition) is 0. The molecule has 0 N–H and O–H groups in total. The highest BCUT2D eigenvalue weighted by Crippen LogP contribution is 2.31. The van der Waals surface area contributed by atoms with Crippen molar-refractivity contribution >= 4 is 0 Å². The molecular formula is C19H27NO. The molecule has 0 fully saturated rings. The molecule has 0 heterocycles. The van der Waals surface area contributed by atoms with E-state index in [4.69, 9.17) is 10.00 Å². The van der Waals surface area contributed by atoms with Crippen LogP contribution in [0.2, 0.25) is 0 Å². The Kier molecular flexibility index (Phi) is 9.71. The lowest BCUT2D eigenvalue weighted by Crippen LogP contribution is -2.07. The number of ether oxygens (including phenoxy) is 1. The second-order valence-corrected chi connectivity index (χ2v) is 4.53. The Labute approximate surface area is 129 Å². The van der Waals surface area contributed by atoms with Gasteiger partial charge in [0.25, 0.3) is 6.26 Å². The molecular weight excluding hydrogens is 258 g/mol. The highest BCUT2D eigenvalue weighted by molar-refractivity contribution is 5.39. The van der Waals surface area contributed by atoms with Crippen molar-refractivity contribution in [3.05, 3.63) is 58.7 Å². The molecule has 114 valence electrons. The minimum Gasteiger partial charge on any atom is -0.414 e. The first-order valence-corrected chi connectivity index (χ1v) is 7.58.